The molecular formula is C21H19BrN2O3. The van der Waals surface area contributed by atoms with Crippen molar-refractivity contribution in [1.29, 1.82) is 0 Å². The Morgan fingerprint density at radius 2 is 1.96 bits per heavy atom. The number of ether oxygens (including phenoxy) is 2. The van der Waals surface area contributed by atoms with Crippen LogP contribution < -0.4 is 15.2 Å². The second-order valence-electron chi connectivity index (χ2n) is 5.78. The van der Waals surface area contributed by atoms with Crippen LogP contribution in [0.3, 0.4) is 0 Å². The van der Waals surface area contributed by atoms with E-state index < -0.39 is 5.91 Å². The highest BCUT2D eigenvalue weighted by Gasteiger charge is 2.12. The van der Waals surface area contributed by atoms with E-state index in [0.29, 0.717) is 22.6 Å². The molecule has 0 saturated carbocycles. The third-order valence-electron chi connectivity index (χ3n) is 3.76. The van der Waals surface area contributed by atoms with Gasteiger partial charge in [0.2, 0.25) is 0 Å². The molecule has 0 unspecified atom stereocenters. The molecule has 0 aliphatic rings. The van der Waals surface area contributed by atoms with Crippen molar-refractivity contribution in [1.82, 2.24) is 4.98 Å². The van der Waals surface area contributed by atoms with Crippen molar-refractivity contribution in [2.45, 2.75) is 6.92 Å². The first kappa shape index (κ1) is 18.9. The lowest BCUT2D eigenvalue weighted by atomic mass is 10.1. The minimum Gasteiger partial charge on any atom is -0.490 e. The lowest BCUT2D eigenvalue weighted by molar-refractivity contribution is -0.119. The van der Waals surface area contributed by atoms with E-state index in [4.69, 9.17) is 15.2 Å². The van der Waals surface area contributed by atoms with Crippen LogP contribution in [0.25, 0.3) is 23.1 Å². The van der Waals surface area contributed by atoms with Gasteiger partial charge in [0.15, 0.2) is 18.1 Å². The summed E-state index contributed by atoms with van der Waals surface area (Å²) < 4.78 is 11.8. The first-order valence-corrected chi connectivity index (χ1v) is 9.27. The Balaban J connectivity index is 1.88. The molecule has 2 aromatic carbocycles. The highest BCUT2D eigenvalue weighted by Crippen LogP contribution is 2.37. The first-order valence-electron chi connectivity index (χ1n) is 8.48. The standard InChI is InChI=1S/C21H19BrN2O3/c1-2-26-19-12-14(11-17(22)21(19)27-13-20(23)25)7-9-16-10-8-15-5-3-4-6-18(15)24-16/h3-12H,2,13H2,1H3,(H2,23,25). The number of pyridine rings is 1. The molecule has 0 radical (unpaired) electrons. The van der Waals surface area contributed by atoms with E-state index in [1.54, 1.807) is 0 Å². The fraction of sp³-hybridized carbons (Fsp3) is 0.143. The molecule has 0 spiro atoms. The predicted octanol–water partition coefficient (Wildman–Crippen LogP) is 4.43. The van der Waals surface area contributed by atoms with Gasteiger partial charge in [-0.1, -0.05) is 30.3 Å². The maximum absolute atomic E-state index is 11.0. The van der Waals surface area contributed by atoms with Crippen LogP contribution in [0.1, 0.15) is 18.2 Å². The molecule has 2 N–H and O–H groups in total. The van der Waals surface area contributed by atoms with E-state index in [9.17, 15) is 4.79 Å². The number of nitrogens with two attached hydrogens (primary N) is 1. The fourth-order valence-corrected chi connectivity index (χ4v) is 3.16. The fourth-order valence-electron chi connectivity index (χ4n) is 2.59. The Kier molecular flexibility index (Phi) is 6.08. The van der Waals surface area contributed by atoms with Crippen LogP contribution >= 0.6 is 15.9 Å². The predicted molar refractivity (Wildman–Crippen MR) is 111 cm³/mol. The average molecular weight is 427 g/mol. The van der Waals surface area contributed by atoms with Gasteiger partial charge in [0.05, 0.1) is 22.3 Å². The number of primary amides is 1. The Morgan fingerprint density at radius 1 is 1.15 bits per heavy atom. The van der Waals surface area contributed by atoms with Crippen molar-refractivity contribution in [3.8, 4) is 11.5 Å². The van der Waals surface area contributed by atoms with Crippen molar-refractivity contribution in [3.05, 3.63) is 64.3 Å². The van der Waals surface area contributed by atoms with Gasteiger partial charge in [0, 0.05) is 5.39 Å². The van der Waals surface area contributed by atoms with Crippen LogP contribution in [0, 0.1) is 0 Å². The van der Waals surface area contributed by atoms with Crippen molar-refractivity contribution in [3.63, 3.8) is 0 Å². The van der Waals surface area contributed by atoms with E-state index in [0.717, 1.165) is 22.2 Å². The molecule has 3 rings (SSSR count). The number of amides is 1. The maximum Gasteiger partial charge on any atom is 0.255 e. The molecule has 1 heterocycles. The summed E-state index contributed by atoms with van der Waals surface area (Å²) >= 11 is 3.47. The van der Waals surface area contributed by atoms with Crippen LogP contribution in [0.5, 0.6) is 11.5 Å². The molecule has 5 nitrogen and oxygen atoms in total. The zero-order valence-corrected chi connectivity index (χ0v) is 16.4. The van der Waals surface area contributed by atoms with Crippen LogP contribution in [0.2, 0.25) is 0 Å². The molecule has 138 valence electrons. The highest BCUT2D eigenvalue weighted by molar-refractivity contribution is 9.10. The second-order valence-corrected chi connectivity index (χ2v) is 6.63. The minimum atomic E-state index is -0.546. The Bertz CT molecular complexity index is 1000. The quantitative estimate of drug-likeness (QED) is 0.606. The summed E-state index contributed by atoms with van der Waals surface area (Å²) in [6.45, 7) is 2.14. The van der Waals surface area contributed by atoms with E-state index in [2.05, 4.69) is 20.9 Å². The molecule has 6 heteroatoms. The number of carbonyl (C=O) groups excluding carboxylic acids is 1. The lowest BCUT2D eigenvalue weighted by Gasteiger charge is -2.13. The van der Waals surface area contributed by atoms with Crippen LogP contribution in [0.4, 0.5) is 0 Å². The molecule has 0 atom stereocenters. The largest absolute Gasteiger partial charge is 0.490 e. The van der Waals surface area contributed by atoms with Gasteiger partial charge in [0.25, 0.3) is 5.91 Å². The zero-order valence-electron chi connectivity index (χ0n) is 14.8. The number of benzene rings is 2. The maximum atomic E-state index is 11.0. The Labute approximate surface area is 165 Å². The van der Waals surface area contributed by atoms with E-state index >= 15 is 0 Å². The van der Waals surface area contributed by atoms with Crippen molar-refractivity contribution in [2.24, 2.45) is 5.73 Å². The minimum absolute atomic E-state index is 0.213. The molecule has 3 aromatic rings. The Morgan fingerprint density at radius 3 is 2.74 bits per heavy atom. The summed E-state index contributed by atoms with van der Waals surface area (Å²) in [5.41, 5.74) is 7.87. The lowest BCUT2D eigenvalue weighted by Crippen LogP contribution is -2.20. The molecule has 0 saturated heterocycles. The van der Waals surface area contributed by atoms with Crippen molar-refractivity contribution >= 4 is 44.9 Å². The monoisotopic (exact) mass is 426 g/mol. The summed E-state index contributed by atoms with van der Waals surface area (Å²) in [4.78, 5) is 15.6. The number of carbonyl (C=O) groups is 1. The molecule has 0 bridgehead atoms. The molecule has 0 aliphatic carbocycles. The van der Waals surface area contributed by atoms with Gasteiger partial charge in [-0.05, 0) is 58.8 Å². The Hall–Kier alpha value is -2.86. The molecule has 0 fully saturated rings. The SMILES string of the molecule is CCOc1cc(C=Cc2ccc3ccccc3n2)cc(Br)c1OCC(N)=O. The normalized spacial score (nSPS) is 11.0. The third kappa shape index (κ3) is 4.86. The van der Waals surface area contributed by atoms with Gasteiger partial charge in [-0.2, -0.15) is 0 Å². The molecule has 1 aromatic heterocycles. The van der Waals surface area contributed by atoms with Crippen LogP contribution in [-0.2, 0) is 4.79 Å². The number of halogens is 1. The number of hydrogen-bond donors (Lipinski definition) is 1. The zero-order chi connectivity index (χ0) is 19.2. The van der Waals surface area contributed by atoms with E-state index in [1.807, 2.05) is 67.6 Å². The summed E-state index contributed by atoms with van der Waals surface area (Å²) in [5.74, 6) is 0.451. The first-order chi connectivity index (χ1) is 13.1. The topological polar surface area (TPSA) is 74.4 Å². The van der Waals surface area contributed by atoms with Gasteiger partial charge >= 0.3 is 0 Å². The molecule has 27 heavy (non-hydrogen) atoms. The molecular weight excluding hydrogens is 408 g/mol. The smallest absolute Gasteiger partial charge is 0.255 e. The summed E-state index contributed by atoms with van der Waals surface area (Å²) in [7, 11) is 0. The second kappa shape index (κ2) is 8.68. The van der Waals surface area contributed by atoms with Gasteiger partial charge in [-0.3, -0.25) is 4.79 Å². The highest BCUT2D eigenvalue weighted by atomic mass is 79.9. The summed E-state index contributed by atoms with van der Waals surface area (Å²) in [5, 5.41) is 1.10. The number of hydrogen-bond acceptors (Lipinski definition) is 4. The van der Waals surface area contributed by atoms with Gasteiger partial charge < -0.3 is 15.2 Å². The number of fused-ring (bicyclic) bond motifs is 1. The molecule has 1 amide bonds. The van der Waals surface area contributed by atoms with Crippen molar-refractivity contribution < 1.29 is 14.3 Å². The van der Waals surface area contributed by atoms with Crippen molar-refractivity contribution in [2.75, 3.05) is 13.2 Å². The van der Waals surface area contributed by atoms with Gasteiger partial charge in [0.1, 0.15) is 0 Å². The number of rotatable bonds is 7. The van der Waals surface area contributed by atoms with E-state index in [-0.39, 0.29) is 6.61 Å². The van der Waals surface area contributed by atoms with Gasteiger partial charge in [-0.15, -0.1) is 0 Å². The number of nitrogens with zero attached hydrogens (tertiary/aromatic N) is 1. The molecule has 0 aliphatic heterocycles. The average Bonchev–Trinajstić information content (AvgIpc) is 2.65. The van der Waals surface area contributed by atoms with Gasteiger partial charge in [-0.25, -0.2) is 4.98 Å². The van der Waals surface area contributed by atoms with E-state index in [1.165, 1.54) is 0 Å². The third-order valence-corrected chi connectivity index (χ3v) is 4.35. The van der Waals surface area contributed by atoms with Crippen LogP contribution in [-0.4, -0.2) is 24.1 Å². The van der Waals surface area contributed by atoms with Crippen LogP contribution in [0.15, 0.2) is 53.0 Å². The summed E-state index contributed by atoms with van der Waals surface area (Å²) in [6, 6.07) is 15.7. The summed E-state index contributed by atoms with van der Waals surface area (Å²) in [6.07, 6.45) is 3.89. The number of para-hydroxylation sites is 1. The number of aromatic nitrogens is 1.